The minimum Gasteiger partial charge on any atom is -0.304 e. The van der Waals surface area contributed by atoms with Crippen LogP contribution in [0.4, 0.5) is 13.2 Å². The number of rotatable bonds is 4. The van der Waals surface area contributed by atoms with Crippen molar-refractivity contribution >= 4 is 0 Å². The van der Waals surface area contributed by atoms with Crippen molar-refractivity contribution < 1.29 is 17.9 Å². The van der Waals surface area contributed by atoms with Crippen molar-refractivity contribution in [3.05, 3.63) is 0 Å². The van der Waals surface area contributed by atoms with E-state index in [1.165, 1.54) is 0 Å². The molecular formula is C8H16F3N3O. The molecule has 0 unspecified atom stereocenters. The van der Waals surface area contributed by atoms with Gasteiger partial charge in [-0.15, -0.1) is 13.2 Å². The van der Waals surface area contributed by atoms with Crippen molar-refractivity contribution in [1.82, 2.24) is 15.3 Å². The maximum absolute atomic E-state index is 11.6. The molecule has 0 aliphatic carbocycles. The first-order valence-electron chi connectivity index (χ1n) is 4.85. The molecule has 0 aromatic carbocycles. The van der Waals surface area contributed by atoms with E-state index in [0.717, 1.165) is 26.2 Å². The molecule has 1 aliphatic rings. The molecule has 1 rings (SSSR count). The van der Waals surface area contributed by atoms with Crippen molar-refractivity contribution in [2.75, 3.05) is 46.4 Å². The molecular weight excluding hydrogens is 211 g/mol. The molecule has 0 amide bonds. The van der Waals surface area contributed by atoms with E-state index in [4.69, 9.17) is 0 Å². The van der Waals surface area contributed by atoms with Gasteiger partial charge in [0.2, 0.25) is 0 Å². The van der Waals surface area contributed by atoms with Crippen molar-refractivity contribution in [3.8, 4) is 0 Å². The average molecular weight is 227 g/mol. The SMILES string of the molecule is CN1CCN(NCCOC(F)(F)F)CC1. The molecule has 15 heavy (non-hydrogen) atoms. The number of ether oxygens (including phenoxy) is 1. The van der Waals surface area contributed by atoms with Crippen LogP contribution in [-0.2, 0) is 4.74 Å². The number of piperazine rings is 1. The van der Waals surface area contributed by atoms with Crippen LogP contribution in [0.3, 0.4) is 0 Å². The average Bonchev–Trinajstić information content (AvgIpc) is 2.14. The number of halogens is 3. The van der Waals surface area contributed by atoms with Crippen molar-refractivity contribution in [3.63, 3.8) is 0 Å². The van der Waals surface area contributed by atoms with Crippen LogP contribution < -0.4 is 5.43 Å². The van der Waals surface area contributed by atoms with Gasteiger partial charge in [0.15, 0.2) is 0 Å². The Balaban J connectivity index is 2.01. The second-order valence-corrected chi connectivity index (χ2v) is 3.49. The standard InChI is InChI=1S/C8H16F3N3O/c1-13-3-5-14(6-4-13)12-2-7-15-8(9,10)11/h12H,2-7H2,1H3. The van der Waals surface area contributed by atoms with E-state index in [-0.39, 0.29) is 13.2 Å². The quantitative estimate of drug-likeness (QED) is 0.698. The Hall–Kier alpha value is -0.370. The molecule has 0 radical (unpaired) electrons. The lowest BCUT2D eigenvalue weighted by atomic mass is 10.4. The van der Waals surface area contributed by atoms with Crippen LogP contribution in [0, 0.1) is 0 Å². The predicted octanol–water partition coefficient (Wildman–Crippen LogP) is 0.275. The third kappa shape index (κ3) is 5.93. The fraction of sp³-hybridized carbons (Fsp3) is 1.00. The Labute approximate surface area is 86.9 Å². The molecule has 0 atom stereocenters. The molecule has 0 spiro atoms. The fourth-order valence-electron chi connectivity index (χ4n) is 1.34. The lowest BCUT2D eigenvalue weighted by molar-refractivity contribution is -0.324. The van der Waals surface area contributed by atoms with Gasteiger partial charge in [-0.2, -0.15) is 0 Å². The van der Waals surface area contributed by atoms with Gasteiger partial charge < -0.3 is 4.90 Å². The minimum absolute atomic E-state index is 0.184. The summed E-state index contributed by atoms with van der Waals surface area (Å²) in [5, 5.41) is 1.92. The molecule has 4 nitrogen and oxygen atoms in total. The third-order valence-corrected chi connectivity index (χ3v) is 2.21. The minimum atomic E-state index is -4.52. The lowest BCUT2D eigenvalue weighted by Crippen LogP contribution is -2.51. The van der Waals surface area contributed by atoms with Gasteiger partial charge in [0.25, 0.3) is 0 Å². The molecule has 1 N–H and O–H groups in total. The van der Waals surface area contributed by atoms with Crippen LogP contribution in [-0.4, -0.2) is 62.6 Å². The maximum Gasteiger partial charge on any atom is 0.522 e. The topological polar surface area (TPSA) is 27.7 Å². The van der Waals surface area contributed by atoms with E-state index in [0.29, 0.717) is 0 Å². The second-order valence-electron chi connectivity index (χ2n) is 3.49. The zero-order chi connectivity index (χ0) is 11.3. The second kappa shape index (κ2) is 5.64. The maximum atomic E-state index is 11.6. The third-order valence-electron chi connectivity index (χ3n) is 2.21. The van der Waals surface area contributed by atoms with Crippen molar-refractivity contribution in [1.29, 1.82) is 0 Å². The Morgan fingerprint density at radius 2 is 1.80 bits per heavy atom. The van der Waals surface area contributed by atoms with Gasteiger partial charge in [0.1, 0.15) is 0 Å². The molecule has 0 saturated carbocycles. The number of alkyl halides is 3. The van der Waals surface area contributed by atoms with Crippen LogP contribution in [0.25, 0.3) is 0 Å². The van der Waals surface area contributed by atoms with Gasteiger partial charge in [-0.3, -0.25) is 10.2 Å². The van der Waals surface area contributed by atoms with E-state index >= 15 is 0 Å². The molecule has 90 valence electrons. The van der Waals surface area contributed by atoms with E-state index in [1.807, 2.05) is 12.1 Å². The summed E-state index contributed by atoms with van der Waals surface area (Å²) in [4.78, 5) is 2.17. The highest BCUT2D eigenvalue weighted by Crippen LogP contribution is 2.15. The summed E-state index contributed by atoms with van der Waals surface area (Å²) in [5.74, 6) is 0. The zero-order valence-corrected chi connectivity index (χ0v) is 8.68. The Bertz CT molecular complexity index is 180. The number of hydrogen-bond acceptors (Lipinski definition) is 4. The van der Waals surface area contributed by atoms with E-state index in [1.54, 1.807) is 0 Å². The van der Waals surface area contributed by atoms with Crippen molar-refractivity contribution in [2.45, 2.75) is 6.36 Å². The van der Waals surface area contributed by atoms with Crippen LogP contribution >= 0.6 is 0 Å². The summed E-state index contributed by atoms with van der Waals surface area (Å²) in [5.41, 5.74) is 2.90. The van der Waals surface area contributed by atoms with Crippen LogP contribution in [0.5, 0.6) is 0 Å². The first-order chi connectivity index (χ1) is 6.97. The van der Waals surface area contributed by atoms with Gasteiger partial charge in [-0.25, -0.2) is 5.01 Å². The zero-order valence-electron chi connectivity index (χ0n) is 8.68. The first kappa shape index (κ1) is 12.7. The normalized spacial score (nSPS) is 20.8. The molecule has 7 heteroatoms. The van der Waals surface area contributed by atoms with Gasteiger partial charge in [0, 0.05) is 32.7 Å². The van der Waals surface area contributed by atoms with Gasteiger partial charge in [-0.1, -0.05) is 0 Å². The van der Waals surface area contributed by atoms with E-state index in [9.17, 15) is 13.2 Å². The van der Waals surface area contributed by atoms with Crippen molar-refractivity contribution in [2.24, 2.45) is 0 Å². The van der Waals surface area contributed by atoms with Crippen LogP contribution in [0.2, 0.25) is 0 Å². The molecule has 0 aromatic rings. The Morgan fingerprint density at radius 1 is 1.20 bits per heavy atom. The summed E-state index contributed by atoms with van der Waals surface area (Å²) >= 11 is 0. The van der Waals surface area contributed by atoms with Gasteiger partial charge in [0.05, 0.1) is 6.61 Å². The first-order valence-corrected chi connectivity index (χ1v) is 4.85. The van der Waals surface area contributed by atoms with Crippen LogP contribution in [0.1, 0.15) is 0 Å². The molecule has 1 saturated heterocycles. The smallest absolute Gasteiger partial charge is 0.304 e. The highest BCUT2D eigenvalue weighted by Gasteiger charge is 2.28. The number of hydrazine groups is 1. The fourth-order valence-corrected chi connectivity index (χ4v) is 1.34. The number of nitrogens with zero attached hydrogens (tertiary/aromatic N) is 2. The van der Waals surface area contributed by atoms with E-state index < -0.39 is 6.36 Å². The number of nitrogens with one attached hydrogen (secondary N) is 1. The summed E-state index contributed by atoms with van der Waals surface area (Å²) in [6.45, 7) is 3.32. The van der Waals surface area contributed by atoms with Gasteiger partial charge >= 0.3 is 6.36 Å². The summed E-state index contributed by atoms with van der Waals surface area (Å²) in [6, 6.07) is 0. The molecule has 0 aromatic heterocycles. The highest BCUT2D eigenvalue weighted by atomic mass is 19.4. The van der Waals surface area contributed by atoms with Gasteiger partial charge in [-0.05, 0) is 7.05 Å². The molecule has 1 fully saturated rings. The number of hydrogen-bond donors (Lipinski definition) is 1. The Kier molecular flexibility index (Phi) is 4.78. The highest BCUT2D eigenvalue weighted by molar-refractivity contribution is 4.65. The summed E-state index contributed by atoms with van der Waals surface area (Å²) in [6.07, 6.45) is -4.52. The largest absolute Gasteiger partial charge is 0.522 e. The summed E-state index contributed by atoms with van der Waals surface area (Å²) in [7, 11) is 2.02. The Morgan fingerprint density at radius 3 is 2.33 bits per heavy atom. The van der Waals surface area contributed by atoms with Crippen LogP contribution in [0.15, 0.2) is 0 Å². The lowest BCUT2D eigenvalue weighted by Gasteiger charge is -2.32. The summed E-state index contributed by atoms with van der Waals surface area (Å²) < 4.78 is 38.4. The van der Waals surface area contributed by atoms with E-state index in [2.05, 4.69) is 15.1 Å². The molecule has 1 heterocycles. The molecule has 0 bridgehead atoms. The number of likely N-dealkylation sites (N-methyl/N-ethyl adjacent to an activating group) is 1. The predicted molar refractivity (Wildman–Crippen MR) is 49.1 cm³/mol. The molecule has 1 aliphatic heterocycles. The monoisotopic (exact) mass is 227 g/mol.